The van der Waals surface area contributed by atoms with E-state index in [2.05, 4.69) is 0 Å². The maximum Gasteiger partial charge on any atom is 0.375 e. The molecule has 40 heavy (non-hydrogen) atoms. The molecule has 1 heterocycles. The van der Waals surface area contributed by atoms with Crippen LogP contribution in [0.1, 0.15) is 76.8 Å². The normalized spacial score (nSPS) is 40.0. The van der Waals surface area contributed by atoms with Gasteiger partial charge in [-0.25, -0.2) is 9.18 Å². The van der Waals surface area contributed by atoms with E-state index in [1.54, 1.807) is 26.8 Å². The molecule has 0 saturated heterocycles. The molecule has 5 rings (SSSR count). The van der Waals surface area contributed by atoms with Gasteiger partial charge in [-0.3, -0.25) is 14.4 Å². The highest BCUT2D eigenvalue weighted by molar-refractivity contribution is 6.01. The molecule has 4 aliphatic carbocycles. The zero-order valence-electron chi connectivity index (χ0n) is 23.4. The Kier molecular flexibility index (Phi) is 6.96. The first kappa shape index (κ1) is 28.5. The molecule has 8 atom stereocenters. The third-order valence-corrected chi connectivity index (χ3v) is 10.4. The van der Waals surface area contributed by atoms with Crippen molar-refractivity contribution in [2.45, 2.75) is 83.6 Å². The second-order valence-electron chi connectivity index (χ2n) is 12.3. The molecule has 1 N–H and O–H groups in total. The molecule has 0 bridgehead atoms. The van der Waals surface area contributed by atoms with Crippen LogP contribution in [-0.4, -0.2) is 52.6 Å². The zero-order chi connectivity index (χ0) is 29.1. The topological polar surface area (TPSA) is 120 Å². The van der Waals surface area contributed by atoms with Crippen LogP contribution in [-0.2, 0) is 23.9 Å². The highest BCUT2D eigenvalue weighted by Gasteiger charge is 2.77. The molecule has 8 nitrogen and oxygen atoms in total. The van der Waals surface area contributed by atoms with Crippen molar-refractivity contribution in [3.8, 4) is 0 Å². The van der Waals surface area contributed by atoms with E-state index >= 15 is 4.39 Å². The molecule has 0 aliphatic heterocycles. The first-order valence-electron chi connectivity index (χ1n) is 14.1. The molecule has 1 aromatic rings. The van der Waals surface area contributed by atoms with Gasteiger partial charge in [-0.05, 0) is 69.2 Å². The van der Waals surface area contributed by atoms with E-state index < -0.39 is 70.3 Å². The minimum absolute atomic E-state index is 0.0948. The monoisotopic (exact) mass is 556 g/mol. The smallest absolute Gasteiger partial charge is 0.375 e. The first-order valence-corrected chi connectivity index (χ1v) is 14.1. The van der Waals surface area contributed by atoms with Crippen molar-refractivity contribution in [3.63, 3.8) is 0 Å². The van der Waals surface area contributed by atoms with E-state index in [1.807, 2.05) is 6.92 Å². The van der Waals surface area contributed by atoms with Crippen LogP contribution in [0.4, 0.5) is 4.39 Å². The number of ketones is 2. The lowest BCUT2D eigenvalue weighted by Crippen LogP contribution is -2.70. The minimum atomic E-state index is -2.10. The van der Waals surface area contributed by atoms with Crippen LogP contribution in [0, 0.1) is 28.6 Å². The summed E-state index contributed by atoms with van der Waals surface area (Å²) in [4.78, 5) is 51.7. The maximum atomic E-state index is 17.5. The van der Waals surface area contributed by atoms with Crippen molar-refractivity contribution in [2.75, 3.05) is 6.61 Å². The second kappa shape index (κ2) is 9.79. The number of hydrogen-bond donors (Lipinski definition) is 1. The molecule has 216 valence electrons. The second-order valence-corrected chi connectivity index (χ2v) is 12.3. The number of fused-ring (bicyclic) bond motifs is 5. The maximum absolute atomic E-state index is 17.5. The number of hydrogen-bond acceptors (Lipinski definition) is 8. The molecule has 3 fully saturated rings. The van der Waals surface area contributed by atoms with Crippen LogP contribution in [0.3, 0.4) is 0 Å². The summed E-state index contributed by atoms with van der Waals surface area (Å²) < 4.78 is 34.2. The zero-order valence-corrected chi connectivity index (χ0v) is 23.4. The van der Waals surface area contributed by atoms with Crippen molar-refractivity contribution in [1.82, 2.24) is 0 Å². The van der Waals surface area contributed by atoms with Crippen molar-refractivity contribution in [3.05, 3.63) is 48.0 Å². The van der Waals surface area contributed by atoms with Crippen LogP contribution >= 0.6 is 0 Å². The fourth-order valence-electron chi connectivity index (χ4n) is 8.52. The summed E-state index contributed by atoms with van der Waals surface area (Å²) >= 11 is 0. The first-order chi connectivity index (χ1) is 18.8. The summed E-state index contributed by atoms with van der Waals surface area (Å²) in [7, 11) is 0. The molecule has 1 aromatic heterocycles. The van der Waals surface area contributed by atoms with Crippen LogP contribution in [0.25, 0.3) is 0 Å². The lowest BCUT2D eigenvalue weighted by Gasteiger charge is -2.62. The van der Waals surface area contributed by atoms with Gasteiger partial charge < -0.3 is 19.0 Å². The number of ether oxygens (including phenoxy) is 2. The van der Waals surface area contributed by atoms with Crippen molar-refractivity contribution >= 4 is 23.5 Å². The summed E-state index contributed by atoms with van der Waals surface area (Å²) in [5.74, 6) is -3.98. The van der Waals surface area contributed by atoms with E-state index in [9.17, 15) is 24.3 Å². The Morgan fingerprint density at radius 2 is 1.98 bits per heavy atom. The standard InChI is InChI=1S/C31H37FO8/c1-5-7-26(36)39-17-25(35)31(40-27(37)23-8-6-13-38-23)18(2)14-22-21-10-9-19-15-20(33)11-12-28(19,3)30(21,32)24(34)16-29(22,31)4/h6,8,11-13,15,18,21-22,24,34H,5,7,9-10,14,16-17H2,1-4H3/t18-,21?,22?,24?,28?,29?,30+,31+/m1/s1. The summed E-state index contributed by atoms with van der Waals surface area (Å²) in [5, 5.41) is 11.7. The Labute approximate surface area is 233 Å². The SMILES string of the molecule is CCCC(=O)OCC(=O)[C@@]1(OC(=O)c2ccco2)[C@H](C)CC2C3CCC4=CC(=O)C=CC4(C)[C@@]3(F)C(O)CC21C. The molecule has 0 amide bonds. The quantitative estimate of drug-likeness (QED) is 0.480. The lowest BCUT2D eigenvalue weighted by molar-refractivity contribution is -0.220. The van der Waals surface area contributed by atoms with Gasteiger partial charge >= 0.3 is 11.9 Å². The number of Topliss-reactive ketones (excluding diaryl/α,β-unsaturated/α-hetero) is 1. The fraction of sp³-hybridized carbons (Fsp3) is 0.613. The van der Waals surface area contributed by atoms with Crippen LogP contribution in [0.5, 0.6) is 0 Å². The van der Waals surface area contributed by atoms with Gasteiger partial charge in [0, 0.05) is 29.1 Å². The molecular formula is C31H37FO8. The number of alkyl halides is 1. The summed E-state index contributed by atoms with van der Waals surface area (Å²) in [5.41, 5.74) is -5.61. The van der Waals surface area contributed by atoms with E-state index in [0.717, 1.165) is 0 Å². The molecule has 0 radical (unpaired) electrons. The predicted octanol–water partition coefficient (Wildman–Crippen LogP) is 4.70. The van der Waals surface area contributed by atoms with Gasteiger partial charge in [0.15, 0.2) is 23.7 Å². The minimum Gasteiger partial charge on any atom is -0.457 e. The van der Waals surface area contributed by atoms with Gasteiger partial charge in [-0.2, -0.15) is 0 Å². The van der Waals surface area contributed by atoms with Crippen LogP contribution in [0.15, 0.2) is 46.6 Å². The lowest BCUT2D eigenvalue weighted by atomic mass is 9.44. The van der Waals surface area contributed by atoms with Gasteiger partial charge in [-0.15, -0.1) is 0 Å². The average molecular weight is 557 g/mol. The Hall–Kier alpha value is -3.07. The van der Waals surface area contributed by atoms with E-state index in [1.165, 1.54) is 30.5 Å². The largest absolute Gasteiger partial charge is 0.457 e. The molecule has 3 saturated carbocycles. The van der Waals surface area contributed by atoms with Crippen LogP contribution < -0.4 is 0 Å². The Morgan fingerprint density at radius 3 is 2.65 bits per heavy atom. The number of esters is 2. The predicted molar refractivity (Wildman–Crippen MR) is 141 cm³/mol. The molecule has 9 heteroatoms. The number of aliphatic hydroxyl groups excluding tert-OH is 1. The molecule has 0 aromatic carbocycles. The molecule has 0 spiro atoms. The van der Waals surface area contributed by atoms with Crippen LogP contribution in [0.2, 0.25) is 0 Å². The number of carbonyl (C=O) groups is 4. The van der Waals surface area contributed by atoms with Crippen molar-refractivity contribution in [2.24, 2.45) is 28.6 Å². The summed E-state index contributed by atoms with van der Waals surface area (Å²) in [6.07, 6.45) is 5.91. The van der Waals surface area contributed by atoms with E-state index in [4.69, 9.17) is 13.9 Å². The number of furan rings is 1. The van der Waals surface area contributed by atoms with E-state index in [-0.39, 0.29) is 24.4 Å². The van der Waals surface area contributed by atoms with Gasteiger partial charge in [0.2, 0.25) is 11.5 Å². The van der Waals surface area contributed by atoms with Crippen molar-refractivity contribution < 1.29 is 42.6 Å². The Bertz CT molecular complexity index is 1280. The number of halogens is 1. The highest BCUT2D eigenvalue weighted by atomic mass is 19.1. The average Bonchev–Trinajstić information content (AvgIpc) is 3.51. The fourth-order valence-corrected chi connectivity index (χ4v) is 8.52. The number of rotatable bonds is 7. The number of allylic oxidation sites excluding steroid dienone is 4. The van der Waals surface area contributed by atoms with Gasteiger partial charge in [-0.1, -0.05) is 32.4 Å². The molecular weight excluding hydrogens is 519 g/mol. The number of aliphatic hydroxyl groups is 1. The number of carbonyl (C=O) groups excluding carboxylic acids is 4. The molecule has 5 unspecified atom stereocenters. The third-order valence-electron chi connectivity index (χ3n) is 10.4. The van der Waals surface area contributed by atoms with Gasteiger partial charge in [0.25, 0.3) is 0 Å². The van der Waals surface area contributed by atoms with E-state index in [0.29, 0.717) is 31.3 Å². The highest BCUT2D eigenvalue weighted by Crippen LogP contribution is 2.71. The summed E-state index contributed by atoms with van der Waals surface area (Å²) in [6.45, 7) is 6.50. The summed E-state index contributed by atoms with van der Waals surface area (Å²) in [6, 6.07) is 2.95. The van der Waals surface area contributed by atoms with Gasteiger partial charge in [0.05, 0.1) is 12.4 Å². The van der Waals surface area contributed by atoms with Crippen molar-refractivity contribution in [1.29, 1.82) is 0 Å². The third kappa shape index (κ3) is 3.80. The molecule has 4 aliphatic rings. The van der Waals surface area contributed by atoms with Gasteiger partial charge in [0.1, 0.15) is 0 Å². The Balaban J connectivity index is 1.58. The Morgan fingerprint density at radius 1 is 1.23 bits per heavy atom.